The maximum Gasteiger partial charge on any atom is 0.265 e. The quantitative estimate of drug-likeness (QED) is 0.716. The largest absolute Gasteiger partial charge is 0.341 e. The third-order valence-corrected chi connectivity index (χ3v) is 6.64. The molecule has 0 radical (unpaired) electrons. The molecule has 0 unspecified atom stereocenters. The van der Waals surface area contributed by atoms with Gasteiger partial charge in [0.2, 0.25) is 5.91 Å². The monoisotopic (exact) mass is 396 g/mol. The molecule has 0 bridgehead atoms. The van der Waals surface area contributed by atoms with Crippen LogP contribution in [0.1, 0.15) is 15.2 Å². The fourth-order valence-corrected chi connectivity index (χ4v) is 4.95. The summed E-state index contributed by atoms with van der Waals surface area (Å²) < 4.78 is 1.10. The summed E-state index contributed by atoms with van der Waals surface area (Å²) in [5, 5.41) is 4.02. The summed E-state index contributed by atoms with van der Waals surface area (Å²) in [6.07, 6.45) is 0.412. The van der Waals surface area contributed by atoms with Gasteiger partial charge in [-0.2, -0.15) is 11.8 Å². The highest BCUT2D eigenvalue weighted by Crippen LogP contribution is 2.26. The van der Waals surface area contributed by atoms with Gasteiger partial charge in [-0.3, -0.25) is 9.59 Å². The Morgan fingerprint density at radius 3 is 2.48 bits per heavy atom. The lowest BCUT2D eigenvalue weighted by molar-refractivity contribution is -0.130. The van der Waals surface area contributed by atoms with Crippen LogP contribution in [0.4, 0.5) is 5.69 Å². The summed E-state index contributed by atoms with van der Waals surface area (Å²) >= 11 is 3.38. The Kier molecular flexibility index (Phi) is 5.45. The van der Waals surface area contributed by atoms with Crippen LogP contribution in [-0.4, -0.2) is 41.3 Å². The van der Waals surface area contributed by atoms with Gasteiger partial charge in [0.1, 0.15) is 0 Å². The first-order valence-electron chi connectivity index (χ1n) is 8.93. The standard InChI is InChI=1S/C21H20N2O2S2/c24-20(23-9-11-26-12-10-23)13-15-5-7-17(8-6-15)22-21(25)19-14-16-3-1-2-4-18(16)27-19/h1-8,14H,9-13H2,(H,22,25). The zero-order valence-corrected chi connectivity index (χ0v) is 16.4. The lowest BCUT2D eigenvalue weighted by Gasteiger charge is -2.26. The number of thiophene rings is 1. The van der Waals surface area contributed by atoms with Crippen molar-refractivity contribution in [3.63, 3.8) is 0 Å². The molecule has 2 heterocycles. The number of nitrogens with one attached hydrogen (secondary N) is 1. The molecule has 4 nitrogen and oxygen atoms in total. The van der Waals surface area contributed by atoms with Crippen LogP contribution < -0.4 is 5.32 Å². The van der Waals surface area contributed by atoms with Gasteiger partial charge in [0.25, 0.3) is 5.91 Å². The smallest absolute Gasteiger partial charge is 0.265 e. The molecule has 1 fully saturated rings. The van der Waals surface area contributed by atoms with Crippen LogP contribution >= 0.6 is 23.1 Å². The molecule has 1 N–H and O–H groups in total. The molecule has 1 aliphatic heterocycles. The summed E-state index contributed by atoms with van der Waals surface area (Å²) in [6, 6.07) is 17.4. The first-order valence-corrected chi connectivity index (χ1v) is 10.9. The van der Waals surface area contributed by atoms with E-state index in [0.29, 0.717) is 11.3 Å². The third kappa shape index (κ3) is 4.34. The van der Waals surface area contributed by atoms with Crippen molar-refractivity contribution in [1.82, 2.24) is 4.90 Å². The number of carbonyl (C=O) groups is 2. The fraction of sp³-hybridized carbons (Fsp3) is 0.238. The van der Waals surface area contributed by atoms with Crippen LogP contribution in [0.5, 0.6) is 0 Å². The number of thioether (sulfide) groups is 1. The normalized spacial score (nSPS) is 14.3. The van der Waals surface area contributed by atoms with Crippen molar-refractivity contribution in [1.29, 1.82) is 0 Å². The molecule has 6 heteroatoms. The number of hydrogen-bond acceptors (Lipinski definition) is 4. The van der Waals surface area contributed by atoms with Crippen molar-refractivity contribution in [2.45, 2.75) is 6.42 Å². The average molecular weight is 397 g/mol. The number of benzene rings is 2. The Morgan fingerprint density at radius 2 is 1.74 bits per heavy atom. The van der Waals surface area contributed by atoms with Gasteiger partial charge in [-0.25, -0.2) is 0 Å². The van der Waals surface area contributed by atoms with Gasteiger partial charge >= 0.3 is 0 Å². The zero-order chi connectivity index (χ0) is 18.6. The van der Waals surface area contributed by atoms with Crippen LogP contribution in [0.25, 0.3) is 10.1 Å². The summed E-state index contributed by atoms with van der Waals surface area (Å²) in [5.41, 5.74) is 1.71. The number of anilines is 1. The fourth-order valence-electron chi connectivity index (χ4n) is 3.09. The second-order valence-corrected chi connectivity index (χ2v) is 8.78. The molecule has 0 aliphatic carbocycles. The van der Waals surface area contributed by atoms with Crippen LogP contribution in [-0.2, 0) is 11.2 Å². The highest BCUT2D eigenvalue weighted by molar-refractivity contribution is 7.99. The molecular formula is C21H20N2O2S2. The predicted molar refractivity (Wildman–Crippen MR) is 114 cm³/mol. The van der Waals surface area contributed by atoms with Gasteiger partial charge in [0.15, 0.2) is 0 Å². The predicted octanol–water partition coefficient (Wildman–Crippen LogP) is 4.27. The lowest BCUT2D eigenvalue weighted by Crippen LogP contribution is -2.38. The Bertz CT molecular complexity index is 927. The zero-order valence-electron chi connectivity index (χ0n) is 14.8. The van der Waals surface area contributed by atoms with E-state index in [1.165, 1.54) is 11.3 Å². The second kappa shape index (κ2) is 8.15. The van der Waals surface area contributed by atoms with E-state index in [1.54, 1.807) is 0 Å². The van der Waals surface area contributed by atoms with Gasteiger partial charge in [-0.05, 0) is 35.2 Å². The van der Waals surface area contributed by atoms with Crippen LogP contribution in [0.15, 0.2) is 54.6 Å². The van der Waals surface area contributed by atoms with Crippen LogP contribution in [0.2, 0.25) is 0 Å². The summed E-state index contributed by atoms with van der Waals surface area (Å²) in [6.45, 7) is 1.68. The van der Waals surface area contributed by atoms with E-state index in [-0.39, 0.29) is 11.8 Å². The van der Waals surface area contributed by atoms with Crippen molar-refractivity contribution in [2.24, 2.45) is 0 Å². The highest BCUT2D eigenvalue weighted by Gasteiger charge is 2.17. The third-order valence-electron chi connectivity index (χ3n) is 4.58. The number of hydrogen-bond donors (Lipinski definition) is 1. The Hall–Kier alpha value is -2.31. The number of carbonyl (C=O) groups excluding carboxylic acids is 2. The molecule has 3 aromatic rings. The summed E-state index contributed by atoms with van der Waals surface area (Å²) in [4.78, 5) is 27.5. The van der Waals surface area contributed by atoms with Crippen molar-refractivity contribution < 1.29 is 9.59 Å². The minimum absolute atomic E-state index is 0.106. The van der Waals surface area contributed by atoms with Gasteiger partial charge in [-0.15, -0.1) is 11.3 Å². The summed E-state index contributed by atoms with van der Waals surface area (Å²) in [7, 11) is 0. The molecule has 1 aromatic heterocycles. The van der Waals surface area contributed by atoms with Crippen LogP contribution in [0.3, 0.4) is 0 Å². The molecule has 0 atom stereocenters. The molecule has 1 aliphatic rings. The average Bonchev–Trinajstić information content (AvgIpc) is 3.14. The van der Waals surface area contributed by atoms with E-state index in [4.69, 9.17) is 0 Å². The second-order valence-electron chi connectivity index (χ2n) is 6.47. The van der Waals surface area contributed by atoms with Crippen molar-refractivity contribution in [3.8, 4) is 0 Å². The molecule has 0 saturated carbocycles. The Morgan fingerprint density at radius 1 is 1.00 bits per heavy atom. The van der Waals surface area contributed by atoms with E-state index in [9.17, 15) is 9.59 Å². The number of fused-ring (bicyclic) bond motifs is 1. The minimum Gasteiger partial charge on any atom is -0.341 e. The highest BCUT2D eigenvalue weighted by atomic mass is 32.2. The molecular weight excluding hydrogens is 376 g/mol. The topological polar surface area (TPSA) is 49.4 Å². The first kappa shape index (κ1) is 18.1. The van der Waals surface area contributed by atoms with Crippen LogP contribution in [0, 0.1) is 0 Å². The molecule has 2 aromatic carbocycles. The van der Waals surface area contributed by atoms with Gasteiger partial charge in [-0.1, -0.05) is 30.3 Å². The first-order chi connectivity index (χ1) is 13.2. The molecule has 0 spiro atoms. The minimum atomic E-state index is -0.106. The van der Waals surface area contributed by atoms with Crippen molar-refractivity contribution in [3.05, 3.63) is 65.0 Å². The van der Waals surface area contributed by atoms with E-state index >= 15 is 0 Å². The SMILES string of the molecule is O=C(Nc1ccc(CC(=O)N2CCSCC2)cc1)c1cc2ccccc2s1. The van der Waals surface area contributed by atoms with E-state index in [2.05, 4.69) is 5.32 Å². The maximum absolute atomic E-state index is 12.5. The molecule has 2 amide bonds. The molecule has 27 heavy (non-hydrogen) atoms. The number of rotatable bonds is 4. The Labute approximate surface area is 166 Å². The molecule has 4 rings (SSSR count). The van der Waals surface area contributed by atoms with Gasteiger partial charge in [0.05, 0.1) is 11.3 Å². The number of amides is 2. The van der Waals surface area contributed by atoms with Crippen molar-refractivity contribution in [2.75, 3.05) is 29.9 Å². The molecule has 1 saturated heterocycles. The number of nitrogens with zero attached hydrogens (tertiary/aromatic N) is 1. The van der Waals surface area contributed by atoms with E-state index < -0.39 is 0 Å². The molecule has 138 valence electrons. The summed E-state index contributed by atoms with van der Waals surface area (Å²) in [5.74, 6) is 2.12. The van der Waals surface area contributed by atoms with Gasteiger partial charge in [0, 0.05) is 35.0 Å². The maximum atomic E-state index is 12.5. The Balaban J connectivity index is 1.38. The van der Waals surface area contributed by atoms with E-state index in [0.717, 1.165) is 45.9 Å². The van der Waals surface area contributed by atoms with Crippen molar-refractivity contribution >= 4 is 50.7 Å². The van der Waals surface area contributed by atoms with Gasteiger partial charge < -0.3 is 10.2 Å². The van der Waals surface area contributed by atoms with E-state index in [1.807, 2.05) is 71.3 Å². The lowest BCUT2D eigenvalue weighted by atomic mass is 10.1.